The Morgan fingerprint density at radius 1 is 1.43 bits per heavy atom. The van der Waals surface area contributed by atoms with Crippen LogP contribution in [0.1, 0.15) is 46.0 Å². The second-order valence-corrected chi connectivity index (χ2v) is 5.30. The number of carbonyl (C=O) groups excluding carboxylic acids is 1. The summed E-state index contributed by atoms with van der Waals surface area (Å²) in [6, 6.07) is 0.237. The van der Waals surface area contributed by atoms with Gasteiger partial charge >= 0.3 is 0 Å². The highest BCUT2D eigenvalue weighted by Crippen LogP contribution is 2.35. The van der Waals surface area contributed by atoms with Gasteiger partial charge in [0, 0.05) is 16.8 Å². The molecule has 0 aromatic rings. The number of alkyl halides is 1. The van der Waals surface area contributed by atoms with E-state index in [0.29, 0.717) is 0 Å². The quantitative estimate of drug-likeness (QED) is 0.778. The van der Waals surface area contributed by atoms with Crippen LogP contribution in [0, 0.1) is 5.41 Å². The Labute approximate surface area is 95.0 Å². The largest absolute Gasteiger partial charge is 0.352 e. The Bertz CT molecular complexity index is 199. The first kappa shape index (κ1) is 12.0. The molecule has 0 radical (unpaired) electrons. The Morgan fingerprint density at radius 2 is 2.00 bits per heavy atom. The lowest BCUT2D eigenvalue weighted by Crippen LogP contribution is -2.44. The Kier molecular flexibility index (Phi) is 4.42. The smallest absolute Gasteiger partial charge is 0.226 e. The summed E-state index contributed by atoms with van der Waals surface area (Å²) in [5.41, 5.74) is -0.102. The van der Waals surface area contributed by atoms with Crippen LogP contribution in [0.25, 0.3) is 0 Å². The lowest BCUT2D eigenvalue weighted by atomic mass is 9.75. The number of carbonyl (C=O) groups is 1. The molecular formula is C11H20BrNO. The third-order valence-electron chi connectivity index (χ3n) is 3.11. The van der Waals surface area contributed by atoms with Gasteiger partial charge in [0.2, 0.25) is 5.91 Å². The first-order valence-corrected chi connectivity index (χ1v) is 6.57. The van der Waals surface area contributed by atoms with Crippen molar-refractivity contribution in [3.05, 3.63) is 0 Å². The molecule has 0 heterocycles. The first-order valence-electron chi connectivity index (χ1n) is 5.45. The molecule has 1 amide bonds. The first-order chi connectivity index (χ1) is 6.58. The van der Waals surface area contributed by atoms with E-state index in [1.165, 1.54) is 19.3 Å². The molecule has 1 rings (SSSR count). The van der Waals surface area contributed by atoms with Crippen molar-refractivity contribution in [3.8, 4) is 0 Å². The van der Waals surface area contributed by atoms with Gasteiger partial charge in [-0.3, -0.25) is 4.79 Å². The number of hydrogen-bond acceptors (Lipinski definition) is 1. The fourth-order valence-corrected chi connectivity index (χ4v) is 2.16. The minimum absolute atomic E-state index is 0.102. The fraction of sp³-hybridized carbons (Fsp3) is 0.909. The van der Waals surface area contributed by atoms with Crippen LogP contribution in [0.2, 0.25) is 0 Å². The predicted octanol–water partition coefficient (Wildman–Crippen LogP) is 2.86. The summed E-state index contributed by atoms with van der Waals surface area (Å²) in [5.74, 6) is 0.240. The zero-order valence-corrected chi connectivity index (χ0v) is 10.7. The summed E-state index contributed by atoms with van der Waals surface area (Å²) in [6.45, 7) is 4.13. The summed E-state index contributed by atoms with van der Waals surface area (Å²) < 4.78 is 0. The van der Waals surface area contributed by atoms with E-state index in [4.69, 9.17) is 0 Å². The maximum atomic E-state index is 12.0. The molecule has 1 aliphatic rings. The predicted molar refractivity (Wildman–Crippen MR) is 62.6 cm³/mol. The van der Waals surface area contributed by atoms with E-state index in [0.717, 1.165) is 18.2 Å². The van der Waals surface area contributed by atoms with Gasteiger partial charge in [-0.25, -0.2) is 0 Å². The standard InChI is InChI=1S/C11H20BrNO/c1-9(8-12)13-10(14)11(2)6-4-3-5-7-11/h9H,3-8H2,1-2H3,(H,13,14). The zero-order valence-electron chi connectivity index (χ0n) is 9.11. The monoisotopic (exact) mass is 261 g/mol. The van der Waals surface area contributed by atoms with Gasteiger partial charge in [0.25, 0.3) is 0 Å². The van der Waals surface area contributed by atoms with Gasteiger partial charge in [-0.2, -0.15) is 0 Å². The van der Waals surface area contributed by atoms with Crippen LogP contribution < -0.4 is 5.32 Å². The van der Waals surface area contributed by atoms with Gasteiger partial charge in [0.05, 0.1) is 0 Å². The van der Waals surface area contributed by atoms with Gasteiger partial charge in [-0.1, -0.05) is 42.1 Å². The van der Waals surface area contributed by atoms with E-state index in [-0.39, 0.29) is 17.4 Å². The van der Waals surface area contributed by atoms with Crippen molar-refractivity contribution in [3.63, 3.8) is 0 Å². The van der Waals surface area contributed by atoms with E-state index in [2.05, 4.69) is 28.2 Å². The van der Waals surface area contributed by atoms with Crippen LogP contribution in [0.3, 0.4) is 0 Å². The van der Waals surface area contributed by atoms with Crippen LogP contribution in [-0.2, 0) is 4.79 Å². The molecule has 3 heteroatoms. The van der Waals surface area contributed by atoms with Crippen molar-refractivity contribution in [2.45, 2.75) is 52.0 Å². The van der Waals surface area contributed by atoms with Gasteiger partial charge in [-0.15, -0.1) is 0 Å². The maximum Gasteiger partial charge on any atom is 0.226 e. The van der Waals surface area contributed by atoms with Crippen LogP contribution in [0.4, 0.5) is 0 Å². The number of rotatable bonds is 3. The summed E-state index contributed by atoms with van der Waals surface area (Å²) in [5, 5.41) is 3.88. The highest BCUT2D eigenvalue weighted by atomic mass is 79.9. The van der Waals surface area contributed by atoms with Crippen molar-refractivity contribution in [2.24, 2.45) is 5.41 Å². The topological polar surface area (TPSA) is 29.1 Å². The van der Waals surface area contributed by atoms with Crippen LogP contribution in [-0.4, -0.2) is 17.3 Å². The number of amides is 1. The average Bonchev–Trinajstić information content (AvgIpc) is 2.18. The zero-order chi connectivity index (χ0) is 10.6. The summed E-state index contributed by atoms with van der Waals surface area (Å²) in [6.07, 6.45) is 5.79. The molecule has 1 fully saturated rings. The van der Waals surface area contributed by atoms with E-state index in [1.807, 2.05) is 6.92 Å². The molecule has 0 aliphatic heterocycles. The SMILES string of the molecule is CC(CBr)NC(=O)C1(C)CCCCC1. The highest BCUT2D eigenvalue weighted by Gasteiger charge is 2.34. The third kappa shape index (κ3) is 2.97. The van der Waals surface area contributed by atoms with Crippen LogP contribution in [0.5, 0.6) is 0 Å². The van der Waals surface area contributed by atoms with E-state index >= 15 is 0 Å². The fourth-order valence-electron chi connectivity index (χ4n) is 2.00. The van der Waals surface area contributed by atoms with Crippen LogP contribution >= 0.6 is 15.9 Å². The average molecular weight is 262 g/mol. The van der Waals surface area contributed by atoms with E-state index in [9.17, 15) is 4.79 Å². The van der Waals surface area contributed by atoms with Crippen molar-refractivity contribution in [2.75, 3.05) is 5.33 Å². The van der Waals surface area contributed by atoms with E-state index < -0.39 is 0 Å². The molecule has 0 saturated heterocycles. The van der Waals surface area contributed by atoms with Crippen molar-refractivity contribution in [1.82, 2.24) is 5.32 Å². The third-order valence-corrected chi connectivity index (χ3v) is 4.09. The van der Waals surface area contributed by atoms with Gasteiger partial charge in [-0.05, 0) is 19.8 Å². The molecule has 1 atom stereocenters. The molecule has 0 bridgehead atoms. The maximum absolute atomic E-state index is 12.0. The minimum Gasteiger partial charge on any atom is -0.352 e. The molecule has 0 aromatic carbocycles. The number of nitrogens with one attached hydrogen (secondary N) is 1. The molecule has 2 nitrogen and oxygen atoms in total. The number of halogens is 1. The van der Waals surface area contributed by atoms with Crippen LogP contribution in [0.15, 0.2) is 0 Å². The second-order valence-electron chi connectivity index (χ2n) is 4.65. The Hall–Kier alpha value is -0.0500. The van der Waals surface area contributed by atoms with Crippen molar-refractivity contribution in [1.29, 1.82) is 0 Å². The Morgan fingerprint density at radius 3 is 2.50 bits per heavy atom. The second kappa shape index (κ2) is 5.15. The highest BCUT2D eigenvalue weighted by molar-refractivity contribution is 9.09. The van der Waals surface area contributed by atoms with Crippen molar-refractivity contribution >= 4 is 21.8 Å². The van der Waals surface area contributed by atoms with Gasteiger partial charge < -0.3 is 5.32 Å². The molecule has 1 N–H and O–H groups in total. The minimum atomic E-state index is -0.102. The summed E-state index contributed by atoms with van der Waals surface area (Å²) in [4.78, 5) is 12.0. The Balaban J connectivity index is 2.49. The molecule has 1 saturated carbocycles. The molecule has 82 valence electrons. The lowest BCUT2D eigenvalue weighted by molar-refractivity contribution is -0.132. The molecule has 1 unspecified atom stereocenters. The van der Waals surface area contributed by atoms with Crippen molar-refractivity contribution < 1.29 is 4.79 Å². The number of hydrogen-bond donors (Lipinski definition) is 1. The molecule has 0 aromatic heterocycles. The summed E-state index contributed by atoms with van der Waals surface area (Å²) in [7, 11) is 0. The molecular weight excluding hydrogens is 242 g/mol. The summed E-state index contributed by atoms with van der Waals surface area (Å²) >= 11 is 3.37. The molecule has 0 spiro atoms. The van der Waals surface area contributed by atoms with Gasteiger partial charge in [0.15, 0.2) is 0 Å². The molecule has 14 heavy (non-hydrogen) atoms. The molecule has 1 aliphatic carbocycles. The normalized spacial score (nSPS) is 22.8. The lowest BCUT2D eigenvalue weighted by Gasteiger charge is -2.33. The van der Waals surface area contributed by atoms with Gasteiger partial charge in [0.1, 0.15) is 0 Å². The van der Waals surface area contributed by atoms with E-state index in [1.54, 1.807) is 0 Å².